The molecule has 0 saturated carbocycles. The van der Waals surface area contributed by atoms with Crippen molar-refractivity contribution in [1.29, 1.82) is 0 Å². The molecule has 2 aliphatic heterocycles. The maximum Gasteiger partial charge on any atom is 0.0594 e. The van der Waals surface area contributed by atoms with Crippen LogP contribution in [0.5, 0.6) is 0 Å². The Bertz CT molecular complexity index is 1950. The number of nitrogens with two attached hydrogens (primary N) is 2. The smallest absolute Gasteiger partial charge is 0.0594 e. The number of hydrogen-bond acceptors (Lipinski definition) is 8. The minimum absolute atomic E-state index is 0. The lowest BCUT2D eigenvalue weighted by Crippen LogP contribution is -3.00. The Balaban J connectivity index is 0.000000185. The number of halogens is 4. The van der Waals surface area contributed by atoms with Gasteiger partial charge in [0.1, 0.15) is 0 Å². The number of aromatic nitrogens is 2. The summed E-state index contributed by atoms with van der Waals surface area (Å²) in [6.45, 7) is 9.11. The molecule has 0 spiro atoms. The van der Waals surface area contributed by atoms with Crippen molar-refractivity contribution < 1.29 is 21.9 Å². The highest BCUT2D eigenvalue weighted by molar-refractivity contribution is 14.0. The molecule has 52 heavy (non-hydrogen) atoms. The standard InChI is InChI=1S/C20H21N3O.C10H13BrN2O.C10H8BrN.ClH.HI/c21-20-6-2-4-18-17(3-1-5-19(18)20)15-7-8-16(22-13-15)14-23-9-11-24-12-10-23;11-9-1-2-10(12-7-9)8-13-3-5-14-6-4-13;11-9-5-6-10(12)8-4-2-1-3-7(8)9;;/h1-8,13H,9-12,14,21H2;1-2,7H,3-6,8H2;1-6H,12H2;2*1H/p-1. The number of nitrogens with zero attached hydrogens (tertiary/aromatic N) is 4. The minimum Gasteiger partial charge on any atom is -1.00 e. The largest absolute Gasteiger partial charge is 1.00 e. The third-order valence-corrected chi connectivity index (χ3v) is 9.92. The summed E-state index contributed by atoms with van der Waals surface area (Å²) in [5.41, 5.74) is 18.1. The van der Waals surface area contributed by atoms with Crippen LogP contribution in [0, 0.1) is 0 Å². The average Bonchev–Trinajstić information content (AvgIpc) is 3.16. The van der Waals surface area contributed by atoms with Crippen molar-refractivity contribution in [1.82, 2.24) is 19.8 Å². The van der Waals surface area contributed by atoms with Crippen LogP contribution in [0.4, 0.5) is 11.4 Å². The van der Waals surface area contributed by atoms with E-state index in [2.05, 4.69) is 100 Å². The summed E-state index contributed by atoms with van der Waals surface area (Å²) in [6.07, 6.45) is 3.81. The lowest BCUT2D eigenvalue weighted by Gasteiger charge is -2.26. The molecular weight excluding hydrogens is 919 g/mol. The highest BCUT2D eigenvalue weighted by atomic mass is 127. The van der Waals surface area contributed by atoms with Crippen LogP contribution in [0.3, 0.4) is 0 Å². The van der Waals surface area contributed by atoms with Crippen molar-refractivity contribution in [2.75, 3.05) is 64.1 Å². The Morgan fingerprint density at radius 2 is 1.08 bits per heavy atom. The third kappa shape index (κ3) is 11.6. The molecule has 4 aromatic carbocycles. The van der Waals surface area contributed by atoms with E-state index in [0.717, 1.165) is 119 Å². The molecule has 0 bridgehead atoms. The van der Waals surface area contributed by atoms with Crippen LogP contribution in [0.15, 0.2) is 118 Å². The van der Waals surface area contributed by atoms with Crippen molar-refractivity contribution in [3.05, 3.63) is 130 Å². The lowest BCUT2D eigenvalue weighted by atomic mass is 9.98. The van der Waals surface area contributed by atoms with Gasteiger partial charge in [0.05, 0.1) is 37.8 Å². The Morgan fingerprint density at radius 3 is 1.65 bits per heavy atom. The molecule has 8 nitrogen and oxygen atoms in total. The lowest BCUT2D eigenvalue weighted by molar-refractivity contribution is -0.0000142. The van der Waals surface area contributed by atoms with Crippen LogP contribution in [0.25, 0.3) is 32.7 Å². The molecule has 0 radical (unpaired) electrons. The van der Waals surface area contributed by atoms with Crippen LogP contribution in [0.1, 0.15) is 11.4 Å². The van der Waals surface area contributed by atoms with Gasteiger partial charge in [-0.05, 0) is 68.7 Å². The Kier molecular flexibility index (Phi) is 17.0. The van der Waals surface area contributed by atoms with Crippen LogP contribution in [-0.2, 0) is 22.6 Å². The normalized spacial score (nSPS) is 14.6. The number of anilines is 2. The quantitative estimate of drug-likeness (QED) is 0.165. The zero-order valence-electron chi connectivity index (χ0n) is 28.8. The van der Waals surface area contributed by atoms with Gasteiger partial charge >= 0.3 is 0 Å². The van der Waals surface area contributed by atoms with E-state index >= 15 is 0 Å². The summed E-state index contributed by atoms with van der Waals surface area (Å²) in [7, 11) is 0. The first kappa shape index (κ1) is 41.9. The van der Waals surface area contributed by atoms with Crippen molar-refractivity contribution in [2.24, 2.45) is 0 Å². The summed E-state index contributed by atoms with van der Waals surface area (Å²) < 4.78 is 12.8. The van der Waals surface area contributed by atoms with Gasteiger partial charge in [0.25, 0.3) is 0 Å². The zero-order valence-corrected chi connectivity index (χ0v) is 35.0. The molecule has 4 N–H and O–H groups in total. The summed E-state index contributed by atoms with van der Waals surface area (Å²) >= 11 is 6.85. The molecule has 8 rings (SSSR count). The SMILES string of the molecule is Brc1ccc(CN2CCOCC2)nc1.I.Nc1ccc(Br)c2ccccc12.Nc1cccc2c(-c3ccc(CN4CCOCC4)nc3)cccc12.[Cl-]. The Labute approximate surface area is 346 Å². The molecule has 6 aromatic rings. The summed E-state index contributed by atoms with van der Waals surface area (Å²) in [5.74, 6) is 0. The molecule has 0 atom stereocenters. The predicted octanol–water partition coefficient (Wildman–Crippen LogP) is 5.80. The van der Waals surface area contributed by atoms with Gasteiger partial charge in [-0.15, -0.1) is 24.0 Å². The molecule has 274 valence electrons. The van der Waals surface area contributed by atoms with Crippen molar-refractivity contribution in [3.8, 4) is 11.1 Å². The van der Waals surface area contributed by atoms with E-state index in [0.29, 0.717) is 0 Å². The second-order valence-corrected chi connectivity index (χ2v) is 14.0. The average molecular weight is 962 g/mol. The number of hydrogen-bond donors (Lipinski definition) is 2. The predicted molar refractivity (Wildman–Crippen MR) is 227 cm³/mol. The molecule has 2 aromatic heterocycles. The highest BCUT2D eigenvalue weighted by Crippen LogP contribution is 2.31. The van der Waals surface area contributed by atoms with Crippen LogP contribution in [0.2, 0.25) is 0 Å². The van der Waals surface area contributed by atoms with E-state index in [1.54, 1.807) is 0 Å². The molecule has 0 amide bonds. The van der Waals surface area contributed by atoms with E-state index < -0.39 is 0 Å². The maximum atomic E-state index is 6.10. The number of fused-ring (bicyclic) bond motifs is 2. The molecule has 0 unspecified atom stereocenters. The first-order valence-electron chi connectivity index (χ1n) is 16.8. The van der Waals surface area contributed by atoms with Crippen LogP contribution in [-0.4, -0.2) is 72.4 Å². The zero-order chi connectivity index (χ0) is 34.7. The van der Waals surface area contributed by atoms with Crippen molar-refractivity contribution >= 4 is 88.8 Å². The Hall–Kier alpha value is -2.88. The van der Waals surface area contributed by atoms with Gasteiger partial charge in [-0.3, -0.25) is 19.8 Å². The van der Waals surface area contributed by atoms with Gasteiger partial charge < -0.3 is 33.3 Å². The van der Waals surface area contributed by atoms with E-state index in [1.807, 2.05) is 60.9 Å². The van der Waals surface area contributed by atoms with Crippen molar-refractivity contribution in [3.63, 3.8) is 0 Å². The van der Waals surface area contributed by atoms with Gasteiger partial charge in [0.2, 0.25) is 0 Å². The number of rotatable bonds is 5. The molecule has 12 heteroatoms. The summed E-state index contributed by atoms with van der Waals surface area (Å²) in [4.78, 5) is 13.7. The van der Waals surface area contributed by atoms with Gasteiger partial charge in [-0.25, -0.2) is 0 Å². The van der Waals surface area contributed by atoms with E-state index in [4.69, 9.17) is 20.9 Å². The maximum absolute atomic E-state index is 6.10. The van der Waals surface area contributed by atoms with E-state index in [9.17, 15) is 0 Å². The van der Waals surface area contributed by atoms with Crippen LogP contribution >= 0.6 is 55.8 Å². The first-order chi connectivity index (χ1) is 24.4. The topological polar surface area (TPSA) is 103 Å². The van der Waals surface area contributed by atoms with Crippen LogP contribution < -0.4 is 23.9 Å². The molecular formula is C40H43Br2ClIN6O2-. The monoisotopic (exact) mass is 959 g/mol. The third-order valence-electron chi connectivity index (χ3n) is 8.76. The second kappa shape index (κ2) is 21.1. The summed E-state index contributed by atoms with van der Waals surface area (Å²) in [6, 6.07) is 32.6. The number of pyridine rings is 2. The molecule has 2 saturated heterocycles. The van der Waals surface area contributed by atoms with E-state index in [-0.39, 0.29) is 36.4 Å². The highest BCUT2D eigenvalue weighted by Gasteiger charge is 2.13. The number of ether oxygens (including phenoxy) is 2. The summed E-state index contributed by atoms with van der Waals surface area (Å²) in [5, 5.41) is 4.52. The first-order valence-corrected chi connectivity index (χ1v) is 18.4. The number of morpholine rings is 2. The fourth-order valence-electron chi connectivity index (χ4n) is 6.03. The van der Waals surface area contributed by atoms with Gasteiger partial charge in [-0.2, -0.15) is 0 Å². The molecule has 4 heterocycles. The fraction of sp³-hybridized carbons (Fsp3) is 0.250. The molecule has 2 aliphatic rings. The Morgan fingerprint density at radius 1 is 0.558 bits per heavy atom. The number of nitrogen functional groups attached to an aromatic ring is 2. The van der Waals surface area contributed by atoms with E-state index in [1.165, 1.54) is 10.9 Å². The second-order valence-electron chi connectivity index (χ2n) is 12.2. The number of benzene rings is 4. The molecule has 0 aliphatic carbocycles. The minimum atomic E-state index is 0. The fourth-order valence-corrected chi connectivity index (χ4v) is 6.74. The van der Waals surface area contributed by atoms with Gasteiger partial charge in [0.15, 0.2) is 0 Å². The molecule has 2 fully saturated rings. The van der Waals surface area contributed by atoms with Gasteiger partial charge in [0, 0.05) is 88.3 Å². The van der Waals surface area contributed by atoms with Crippen molar-refractivity contribution in [2.45, 2.75) is 13.1 Å². The van der Waals surface area contributed by atoms with Gasteiger partial charge in [-0.1, -0.05) is 76.6 Å².